The van der Waals surface area contributed by atoms with Gasteiger partial charge < -0.3 is 5.11 Å². The Balaban J connectivity index is 3.09. The fourth-order valence-electron chi connectivity index (χ4n) is 4.32. The summed E-state index contributed by atoms with van der Waals surface area (Å²) < 4.78 is 0. The molecule has 0 saturated heterocycles. The largest absolute Gasteiger partial charge is 0.396 e. The van der Waals surface area contributed by atoms with E-state index in [1.54, 1.807) is 0 Å². The average molecular weight is 435 g/mol. The monoisotopic (exact) mass is 434 g/mol. The molecule has 0 aromatic heterocycles. The van der Waals surface area contributed by atoms with Crippen LogP contribution in [0.3, 0.4) is 0 Å². The van der Waals surface area contributed by atoms with Crippen molar-refractivity contribution >= 4 is 0 Å². The summed E-state index contributed by atoms with van der Waals surface area (Å²) in [6.45, 7) is 2.66. The third kappa shape index (κ3) is 29.5. The van der Waals surface area contributed by atoms with Gasteiger partial charge in [0.15, 0.2) is 0 Å². The molecule has 0 radical (unpaired) electrons. The molecule has 0 heterocycles. The quantitative estimate of drug-likeness (QED) is 0.112. The van der Waals surface area contributed by atoms with E-state index in [9.17, 15) is 0 Å². The van der Waals surface area contributed by atoms with Gasteiger partial charge >= 0.3 is 0 Å². The molecule has 0 unspecified atom stereocenters. The van der Waals surface area contributed by atoms with Crippen molar-refractivity contribution in [3.8, 4) is 11.8 Å². The van der Waals surface area contributed by atoms with Gasteiger partial charge in [-0.25, -0.2) is 0 Å². The lowest BCUT2D eigenvalue weighted by Crippen LogP contribution is -1.84. The number of hydrogen-bond acceptors (Lipinski definition) is 1. The van der Waals surface area contributed by atoms with Crippen molar-refractivity contribution in [1.82, 2.24) is 0 Å². The number of rotatable bonds is 25. The van der Waals surface area contributed by atoms with E-state index in [1.807, 2.05) is 0 Å². The Labute approximate surface area is 197 Å². The van der Waals surface area contributed by atoms with Gasteiger partial charge in [-0.05, 0) is 19.3 Å². The maximum atomic E-state index is 8.75. The van der Waals surface area contributed by atoms with Crippen LogP contribution >= 0.6 is 0 Å². The minimum Gasteiger partial charge on any atom is -0.396 e. The molecule has 31 heavy (non-hydrogen) atoms. The Hall–Kier alpha value is -0.480. The van der Waals surface area contributed by atoms with Crippen LogP contribution < -0.4 is 0 Å². The lowest BCUT2D eigenvalue weighted by Gasteiger charge is -2.02. The predicted molar refractivity (Wildman–Crippen MR) is 141 cm³/mol. The summed E-state index contributed by atoms with van der Waals surface area (Å²) in [7, 11) is 0. The second-order valence-corrected chi connectivity index (χ2v) is 9.71. The van der Waals surface area contributed by atoms with Gasteiger partial charge in [0.05, 0.1) is 0 Å². The molecule has 1 nitrogen and oxygen atoms in total. The molecule has 0 rings (SSSR count). The minimum absolute atomic E-state index is 0.363. The molecule has 0 aliphatic carbocycles. The average Bonchev–Trinajstić information content (AvgIpc) is 2.78. The summed E-state index contributed by atoms with van der Waals surface area (Å²) in [5, 5.41) is 8.75. The maximum absolute atomic E-state index is 8.75. The topological polar surface area (TPSA) is 20.2 Å². The van der Waals surface area contributed by atoms with Crippen LogP contribution in [-0.2, 0) is 0 Å². The van der Waals surface area contributed by atoms with E-state index in [-0.39, 0.29) is 0 Å². The highest BCUT2D eigenvalue weighted by Crippen LogP contribution is 2.13. The first-order valence-corrected chi connectivity index (χ1v) is 14.5. The molecule has 184 valence electrons. The predicted octanol–water partition coefficient (Wildman–Crippen LogP) is 10.1. The van der Waals surface area contributed by atoms with Crippen molar-refractivity contribution in [3.05, 3.63) is 0 Å². The second-order valence-electron chi connectivity index (χ2n) is 9.71. The van der Waals surface area contributed by atoms with Crippen molar-refractivity contribution in [3.63, 3.8) is 0 Å². The lowest BCUT2D eigenvalue weighted by atomic mass is 10.0. The molecule has 0 spiro atoms. The van der Waals surface area contributed by atoms with Gasteiger partial charge in [-0.3, -0.25) is 0 Å². The molecule has 0 saturated carbocycles. The molecule has 0 aromatic rings. The third-order valence-electron chi connectivity index (χ3n) is 6.49. The molecule has 1 N–H and O–H groups in total. The standard InChI is InChI=1S/C30H58O/c1-2-3-4-5-6-7-8-9-10-11-12-13-14-15-16-17-18-19-20-21-22-23-24-25-26-27-28-29-30-31/h31H,2-16,19-30H2,1H3. The number of unbranched alkanes of at least 4 members (excludes halogenated alkanes) is 24. The van der Waals surface area contributed by atoms with Gasteiger partial charge in [0, 0.05) is 19.4 Å². The first kappa shape index (κ1) is 30.5. The van der Waals surface area contributed by atoms with Gasteiger partial charge in [0.1, 0.15) is 0 Å². The summed E-state index contributed by atoms with van der Waals surface area (Å²) in [6.07, 6.45) is 35.3. The zero-order chi connectivity index (χ0) is 22.5. The van der Waals surface area contributed by atoms with Crippen LogP contribution in [-0.4, -0.2) is 11.7 Å². The maximum Gasteiger partial charge on any atom is 0.0431 e. The van der Waals surface area contributed by atoms with Crippen LogP contribution in [0.1, 0.15) is 174 Å². The van der Waals surface area contributed by atoms with Crippen molar-refractivity contribution < 1.29 is 5.11 Å². The van der Waals surface area contributed by atoms with Crippen LogP contribution in [0.25, 0.3) is 0 Å². The Morgan fingerprint density at radius 1 is 0.355 bits per heavy atom. The highest BCUT2D eigenvalue weighted by molar-refractivity contribution is 4.98. The summed E-state index contributed by atoms with van der Waals surface area (Å²) in [4.78, 5) is 0. The van der Waals surface area contributed by atoms with E-state index >= 15 is 0 Å². The third-order valence-corrected chi connectivity index (χ3v) is 6.49. The van der Waals surface area contributed by atoms with E-state index in [4.69, 9.17) is 5.11 Å². The Kier molecular flexibility index (Phi) is 29.1. The second kappa shape index (κ2) is 29.5. The summed E-state index contributed by atoms with van der Waals surface area (Å²) in [5.74, 6) is 6.79. The van der Waals surface area contributed by atoms with Crippen LogP contribution in [0, 0.1) is 11.8 Å². The van der Waals surface area contributed by atoms with Crippen LogP contribution in [0.15, 0.2) is 0 Å². The van der Waals surface area contributed by atoms with Gasteiger partial charge in [0.25, 0.3) is 0 Å². The van der Waals surface area contributed by atoms with Crippen molar-refractivity contribution in [2.24, 2.45) is 0 Å². The Morgan fingerprint density at radius 3 is 0.903 bits per heavy atom. The molecular formula is C30H58O. The van der Waals surface area contributed by atoms with Crippen LogP contribution in [0.2, 0.25) is 0 Å². The van der Waals surface area contributed by atoms with Gasteiger partial charge in [-0.2, -0.15) is 0 Å². The minimum atomic E-state index is 0.363. The van der Waals surface area contributed by atoms with Crippen molar-refractivity contribution in [2.75, 3.05) is 6.61 Å². The summed E-state index contributed by atoms with van der Waals surface area (Å²) in [6, 6.07) is 0. The number of hydrogen-bond donors (Lipinski definition) is 1. The molecular weight excluding hydrogens is 376 g/mol. The molecule has 0 aromatic carbocycles. The molecule has 0 amide bonds. The Bertz CT molecular complexity index is 364. The lowest BCUT2D eigenvalue weighted by molar-refractivity contribution is 0.282. The van der Waals surface area contributed by atoms with Gasteiger partial charge in [0.2, 0.25) is 0 Å². The van der Waals surface area contributed by atoms with E-state index in [0.29, 0.717) is 6.61 Å². The number of aliphatic hydroxyl groups is 1. The SMILES string of the molecule is CCCCCCCCCCCCCCCCC#CCCCCCCCCCCCCO. The van der Waals surface area contributed by atoms with Crippen molar-refractivity contribution in [2.45, 2.75) is 174 Å². The fourth-order valence-corrected chi connectivity index (χ4v) is 4.32. The highest BCUT2D eigenvalue weighted by Gasteiger charge is 1.94. The van der Waals surface area contributed by atoms with Crippen molar-refractivity contribution in [1.29, 1.82) is 0 Å². The molecule has 0 atom stereocenters. The van der Waals surface area contributed by atoms with Gasteiger partial charge in [-0.1, -0.05) is 142 Å². The molecule has 0 fully saturated rings. The molecule has 0 aliphatic rings. The van der Waals surface area contributed by atoms with Crippen LogP contribution in [0.5, 0.6) is 0 Å². The smallest absolute Gasteiger partial charge is 0.0431 e. The molecule has 1 heteroatoms. The van der Waals surface area contributed by atoms with E-state index in [1.165, 1.54) is 148 Å². The zero-order valence-corrected chi connectivity index (χ0v) is 21.5. The molecule has 0 aliphatic heterocycles. The zero-order valence-electron chi connectivity index (χ0n) is 21.5. The highest BCUT2D eigenvalue weighted by atomic mass is 16.2. The molecule has 0 bridgehead atoms. The van der Waals surface area contributed by atoms with E-state index in [2.05, 4.69) is 18.8 Å². The number of aliphatic hydroxyl groups excluding tert-OH is 1. The van der Waals surface area contributed by atoms with Gasteiger partial charge in [-0.15, -0.1) is 11.8 Å². The van der Waals surface area contributed by atoms with Crippen LogP contribution in [0.4, 0.5) is 0 Å². The normalized spacial score (nSPS) is 10.9. The van der Waals surface area contributed by atoms with E-state index < -0.39 is 0 Å². The summed E-state index contributed by atoms with van der Waals surface area (Å²) in [5.41, 5.74) is 0. The fraction of sp³-hybridized carbons (Fsp3) is 0.933. The Morgan fingerprint density at radius 2 is 0.613 bits per heavy atom. The first-order valence-electron chi connectivity index (χ1n) is 14.5. The van der Waals surface area contributed by atoms with E-state index in [0.717, 1.165) is 19.3 Å². The summed E-state index contributed by atoms with van der Waals surface area (Å²) >= 11 is 0. The first-order chi connectivity index (χ1) is 15.4.